The molecule has 0 spiro atoms. The first kappa shape index (κ1) is 16.0. The first-order valence-electron chi connectivity index (χ1n) is 7.09. The van der Waals surface area contributed by atoms with Gasteiger partial charge in [-0.2, -0.15) is 0 Å². The number of benzene rings is 1. The van der Waals surface area contributed by atoms with E-state index in [-0.39, 0.29) is 17.7 Å². The molecule has 0 fully saturated rings. The summed E-state index contributed by atoms with van der Waals surface area (Å²) >= 11 is 0. The van der Waals surface area contributed by atoms with Crippen molar-refractivity contribution in [2.24, 2.45) is 5.73 Å². The van der Waals surface area contributed by atoms with Gasteiger partial charge >= 0.3 is 0 Å². The molecule has 3 nitrogen and oxygen atoms in total. The Morgan fingerprint density at radius 2 is 1.95 bits per heavy atom. The van der Waals surface area contributed by atoms with Crippen molar-refractivity contribution < 1.29 is 9.47 Å². The van der Waals surface area contributed by atoms with E-state index in [0.29, 0.717) is 6.61 Å². The van der Waals surface area contributed by atoms with E-state index in [4.69, 9.17) is 15.2 Å². The van der Waals surface area contributed by atoms with E-state index in [0.717, 1.165) is 17.7 Å². The number of ether oxygens (including phenoxy) is 2. The van der Waals surface area contributed by atoms with Crippen LogP contribution in [-0.4, -0.2) is 18.3 Å². The van der Waals surface area contributed by atoms with Crippen molar-refractivity contribution in [1.29, 1.82) is 0 Å². The zero-order valence-corrected chi connectivity index (χ0v) is 12.8. The molecule has 0 heterocycles. The highest BCUT2D eigenvalue weighted by molar-refractivity contribution is 5.32. The number of nitrogens with two attached hydrogens (primary N) is 1. The minimum absolute atomic E-state index is 0.159. The van der Waals surface area contributed by atoms with Crippen molar-refractivity contribution in [3.8, 4) is 5.75 Å². The fourth-order valence-electron chi connectivity index (χ4n) is 2.15. The van der Waals surface area contributed by atoms with Crippen LogP contribution in [0.25, 0.3) is 0 Å². The molecule has 2 N–H and O–H groups in total. The van der Waals surface area contributed by atoms with Crippen LogP contribution in [0.5, 0.6) is 5.75 Å². The highest BCUT2D eigenvalue weighted by Gasteiger charge is 2.31. The van der Waals surface area contributed by atoms with Crippen LogP contribution in [0.1, 0.15) is 52.6 Å². The van der Waals surface area contributed by atoms with Gasteiger partial charge in [-0.1, -0.05) is 19.1 Å². The summed E-state index contributed by atoms with van der Waals surface area (Å²) < 4.78 is 11.6. The van der Waals surface area contributed by atoms with Crippen LogP contribution < -0.4 is 10.5 Å². The summed E-state index contributed by atoms with van der Waals surface area (Å²) in [6, 6.07) is 7.82. The van der Waals surface area contributed by atoms with Crippen LogP contribution in [0.4, 0.5) is 0 Å². The highest BCUT2D eigenvalue weighted by atomic mass is 16.5. The average Bonchev–Trinajstić information content (AvgIpc) is 2.37. The van der Waals surface area contributed by atoms with E-state index in [1.54, 1.807) is 0 Å². The van der Waals surface area contributed by atoms with Crippen molar-refractivity contribution in [3.05, 3.63) is 29.8 Å². The van der Waals surface area contributed by atoms with Crippen LogP contribution in [0.2, 0.25) is 0 Å². The van der Waals surface area contributed by atoms with Gasteiger partial charge in [-0.25, -0.2) is 0 Å². The molecule has 0 amide bonds. The zero-order chi connectivity index (χ0) is 14.5. The Hall–Kier alpha value is -1.06. The van der Waals surface area contributed by atoms with Gasteiger partial charge in [0.25, 0.3) is 0 Å². The van der Waals surface area contributed by atoms with Gasteiger partial charge in [-0.3, -0.25) is 0 Å². The Morgan fingerprint density at radius 3 is 2.47 bits per heavy atom. The highest BCUT2D eigenvalue weighted by Crippen LogP contribution is 2.31. The molecule has 2 unspecified atom stereocenters. The van der Waals surface area contributed by atoms with Crippen molar-refractivity contribution in [1.82, 2.24) is 0 Å². The lowest BCUT2D eigenvalue weighted by Gasteiger charge is -2.34. The Morgan fingerprint density at radius 1 is 1.26 bits per heavy atom. The molecular weight excluding hydrogens is 238 g/mol. The van der Waals surface area contributed by atoms with Crippen LogP contribution in [0.3, 0.4) is 0 Å². The minimum Gasteiger partial charge on any atom is -0.491 e. The molecule has 0 saturated heterocycles. The fraction of sp³-hybridized carbons (Fsp3) is 0.625. The third kappa shape index (κ3) is 4.22. The third-order valence-electron chi connectivity index (χ3n) is 3.42. The molecule has 0 aromatic heterocycles. The van der Waals surface area contributed by atoms with Crippen molar-refractivity contribution >= 4 is 0 Å². The third-order valence-corrected chi connectivity index (χ3v) is 3.42. The fourth-order valence-corrected chi connectivity index (χ4v) is 2.15. The van der Waals surface area contributed by atoms with E-state index in [1.165, 1.54) is 0 Å². The van der Waals surface area contributed by atoms with Gasteiger partial charge in [-0.05, 0) is 51.8 Å². The first-order valence-corrected chi connectivity index (χ1v) is 7.09. The van der Waals surface area contributed by atoms with Crippen LogP contribution in [0.15, 0.2) is 24.3 Å². The molecule has 19 heavy (non-hydrogen) atoms. The molecule has 108 valence electrons. The van der Waals surface area contributed by atoms with E-state index in [9.17, 15) is 0 Å². The molecule has 2 atom stereocenters. The van der Waals surface area contributed by atoms with Crippen molar-refractivity contribution in [3.63, 3.8) is 0 Å². The summed E-state index contributed by atoms with van der Waals surface area (Å²) in [6.45, 7) is 10.9. The Kier molecular flexibility index (Phi) is 5.83. The second kappa shape index (κ2) is 6.92. The standard InChI is InChI=1S/C16H27NO2/c1-6-16(5,18-7-2)15(17)13-9-8-10-14(11-13)19-12(3)4/h8-12,15H,6-7,17H2,1-5H3. The summed E-state index contributed by atoms with van der Waals surface area (Å²) in [6.07, 6.45) is 1.04. The lowest BCUT2D eigenvalue weighted by atomic mass is 9.88. The van der Waals surface area contributed by atoms with Gasteiger partial charge in [-0.15, -0.1) is 0 Å². The maximum absolute atomic E-state index is 6.39. The summed E-state index contributed by atoms with van der Waals surface area (Å²) in [5.74, 6) is 0.859. The van der Waals surface area contributed by atoms with Crippen LogP contribution in [0, 0.1) is 0 Å². The van der Waals surface area contributed by atoms with E-state index >= 15 is 0 Å². The topological polar surface area (TPSA) is 44.5 Å². The molecule has 0 saturated carbocycles. The molecule has 0 aliphatic rings. The van der Waals surface area contributed by atoms with E-state index < -0.39 is 0 Å². The van der Waals surface area contributed by atoms with Crippen LogP contribution >= 0.6 is 0 Å². The minimum atomic E-state index is -0.342. The Bertz CT molecular complexity index is 392. The maximum atomic E-state index is 6.39. The van der Waals surface area contributed by atoms with Crippen LogP contribution in [-0.2, 0) is 4.74 Å². The van der Waals surface area contributed by atoms with Gasteiger partial charge in [0.1, 0.15) is 5.75 Å². The molecule has 3 heteroatoms. The van der Waals surface area contributed by atoms with E-state index in [1.807, 2.05) is 45.0 Å². The number of rotatable bonds is 7. The smallest absolute Gasteiger partial charge is 0.120 e. The second-order valence-electron chi connectivity index (χ2n) is 5.32. The summed E-state index contributed by atoms with van der Waals surface area (Å²) in [5, 5.41) is 0. The van der Waals surface area contributed by atoms with Crippen molar-refractivity contribution in [2.75, 3.05) is 6.61 Å². The summed E-state index contributed by atoms with van der Waals surface area (Å²) in [7, 11) is 0. The predicted molar refractivity (Wildman–Crippen MR) is 79.5 cm³/mol. The number of hydrogen-bond donors (Lipinski definition) is 1. The van der Waals surface area contributed by atoms with E-state index in [2.05, 4.69) is 13.8 Å². The molecule has 1 aromatic carbocycles. The lowest BCUT2D eigenvalue weighted by molar-refractivity contribution is -0.0472. The molecule has 0 aliphatic heterocycles. The first-order chi connectivity index (χ1) is 8.92. The second-order valence-corrected chi connectivity index (χ2v) is 5.32. The molecule has 1 aromatic rings. The quantitative estimate of drug-likeness (QED) is 0.818. The molecule has 0 aliphatic carbocycles. The molecule has 1 rings (SSSR count). The summed E-state index contributed by atoms with van der Waals surface area (Å²) in [4.78, 5) is 0. The maximum Gasteiger partial charge on any atom is 0.120 e. The monoisotopic (exact) mass is 265 g/mol. The zero-order valence-electron chi connectivity index (χ0n) is 12.8. The summed E-state index contributed by atoms with van der Waals surface area (Å²) in [5.41, 5.74) is 7.10. The Balaban J connectivity index is 2.95. The lowest BCUT2D eigenvalue weighted by Crippen LogP contribution is -2.40. The average molecular weight is 265 g/mol. The largest absolute Gasteiger partial charge is 0.491 e. The van der Waals surface area contributed by atoms with Gasteiger partial charge in [0.05, 0.1) is 17.7 Å². The van der Waals surface area contributed by atoms with Crippen molar-refractivity contribution in [2.45, 2.75) is 58.8 Å². The van der Waals surface area contributed by atoms with Gasteiger partial charge in [0.15, 0.2) is 0 Å². The molecule has 0 bridgehead atoms. The van der Waals surface area contributed by atoms with Gasteiger partial charge in [0, 0.05) is 6.61 Å². The number of hydrogen-bond acceptors (Lipinski definition) is 3. The predicted octanol–water partition coefficient (Wildman–Crippen LogP) is 3.68. The van der Waals surface area contributed by atoms with Gasteiger partial charge < -0.3 is 15.2 Å². The Labute approximate surface area is 117 Å². The molecular formula is C16H27NO2. The molecule has 0 radical (unpaired) electrons. The SMILES string of the molecule is CCOC(C)(CC)C(N)c1cccc(OC(C)C)c1. The van der Waals surface area contributed by atoms with Gasteiger partial charge in [0.2, 0.25) is 0 Å². The normalized spacial score (nSPS) is 16.2.